The van der Waals surface area contributed by atoms with E-state index in [9.17, 15) is 0 Å². The molecule has 0 aliphatic rings. The maximum atomic E-state index is 8.86. The van der Waals surface area contributed by atoms with Gasteiger partial charge >= 0.3 is 0 Å². The molecule has 0 unspecified atom stereocenters. The maximum Gasteiger partial charge on any atom is 0.108 e. The molecule has 0 aliphatic carbocycles. The number of hydrogen-bond acceptors (Lipinski definition) is 1. The second kappa shape index (κ2) is 5.07. The Hall–Kier alpha value is -1.76. The largest absolute Gasteiger partial charge is 0.509 e. The van der Waals surface area contributed by atoms with Crippen molar-refractivity contribution in [1.82, 2.24) is 0 Å². The van der Waals surface area contributed by atoms with Gasteiger partial charge in [-0.05, 0) is 18.6 Å². The molecule has 0 spiro atoms. The van der Waals surface area contributed by atoms with Gasteiger partial charge in [-0.1, -0.05) is 54.6 Å². The summed E-state index contributed by atoms with van der Waals surface area (Å²) in [6, 6.07) is 10.0. The molecule has 0 fully saturated rings. The van der Waals surface area contributed by atoms with E-state index >= 15 is 0 Å². The van der Waals surface area contributed by atoms with Gasteiger partial charge in [-0.25, -0.2) is 0 Å². The summed E-state index contributed by atoms with van der Waals surface area (Å²) in [5.41, 5.74) is 2.23. The molecule has 0 aromatic heterocycles. The van der Waals surface area contributed by atoms with E-state index in [0.717, 1.165) is 11.1 Å². The fourth-order valence-electron chi connectivity index (χ4n) is 1.09. The summed E-state index contributed by atoms with van der Waals surface area (Å²) in [4.78, 5) is 0. The van der Waals surface area contributed by atoms with Crippen LogP contribution in [0.2, 0.25) is 0 Å². The molecule has 0 saturated heterocycles. The van der Waals surface area contributed by atoms with Crippen molar-refractivity contribution < 1.29 is 5.11 Å². The molecule has 0 atom stereocenters. The third-order valence-electron chi connectivity index (χ3n) is 1.73. The predicted octanol–water partition coefficient (Wildman–Crippen LogP) is 3.72. The SMILES string of the molecule is C=C(O)/C=C/C(C)=C/c1ccccc1. The summed E-state index contributed by atoms with van der Waals surface area (Å²) in [6.07, 6.45) is 5.45. The second-order valence-electron chi connectivity index (χ2n) is 3.12. The van der Waals surface area contributed by atoms with Gasteiger partial charge in [0.15, 0.2) is 0 Å². The number of aliphatic hydroxyl groups is 1. The van der Waals surface area contributed by atoms with Gasteiger partial charge in [0.05, 0.1) is 0 Å². The van der Waals surface area contributed by atoms with Crippen LogP contribution in [0.5, 0.6) is 0 Å². The van der Waals surface area contributed by atoms with Gasteiger partial charge in [0.1, 0.15) is 5.76 Å². The highest BCUT2D eigenvalue weighted by Gasteiger charge is 1.86. The van der Waals surface area contributed by atoms with Gasteiger partial charge in [-0.3, -0.25) is 0 Å². The Morgan fingerprint density at radius 3 is 2.43 bits per heavy atom. The highest BCUT2D eigenvalue weighted by Crippen LogP contribution is 2.07. The van der Waals surface area contributed by atoms with Crippen LogP contribution in [0.3, 0.4) is 0 Å². The van der Waals surface area contributed by atoms with Crippen LogP contribution in [0.25, 0.3) is 6.08 Å². The zero-order chi connectivity index (χ0) is 10.4. The number of allylic oxidation sites excluding steroid dienone is 3. The molecule has 0 amide bonds. The molecular formula is C13H14O. The normalized spacial score (nSPS) is 11.9. The monoisotopic (exact) mass is 186 g/mol. The molecule has 0 radical (unpaired) electrons. The van der Waals surface area contributed by atoms with Crippen LogP contribution in [0.4, 0.5) is 0 Å². The number of benzene rings is 1. The van der Waals surface area contributed by atoms with Crippen LogP contribution < -0.4 is 0 Å². The zero-order valence-corrected chi connectivity index (χ0v) is 8.27. The van der Waals surface area contributed by atoms with Gasteiger partial charge in [-0.15, -0.1) is 0 Å². The van der Waals surface area contributed by atoms with E-state index in [1.165, 1.54) is 0 Å². The van der Waals surface area contributed by atoms with Gasteiger partial charge < -0.3 is 5.11 Å². The lowest BCUT2D eigenvalue weighted by Crippen LogP contribution is -1.74. The molecule has 0 aliphatic heterocycles. The van der Waals surface area contributed by atoms with Gasteiger partial charge in [-0.2, -0.15) is 0 Å². The average Bonchev–Trinajstić information content (AvgIpc) is 2.16. The van der Waals surface area contributed by atoms with Gasteiger partial charge in [0.25, 0.3) is 0 Å². The van der Waals surface area contributed by atoms with Crippen molar-refractivity contribution in [2.75, 3.05) is 0 Å². The van der Waals surface area contributed by atoms with Crippen LogP contribution in [0.15, 0.2) is 60.4 Å². The van der Waals surface area contributed by atoms with E-state index in [-0.39, 0.29) is 5.76 Å². The fraction of sp³-hybridized carbons (Fsp3) is 0.0769. The van der Waals surface area contributed by atoms with E-state index in [1.54, 1.807) is 6.08 Å². The van der Waals surface area contributed by atoms with E-state index < -0.39 is 0 Å². The van der Waals surface area contributed by atoms with Crippen molar-refractivity contribution in [1.29, 1.82) is 0 Å². The summed E-state index contributed by atoms with van der Waals surface area (Å²) >= 11 is 0. The first kappa shape index (κ1) is 10.3. The molecule has 1 nitrogen and oxygen atoms in total. The van der Waals surface area contributed by atoms with Crippen LogP contribution in [-0.2, 0) is 0 Å². The molecule has 72 valence electrons. The Balaban J connectivity index is 2.74. The number of hydrogen-bond donors (Lipinski definition) is 1. The summed E-state index contributed by atoms with van der Waals surface area (Å²) in [7, 11) is 0. The molecule has 1 aromatic carbocycles. The van der Waals surface area contributed by atoms with Crippen LogP contribution in [-0.4, -0.2) is 5.11 Å². The van der Waals surface area contributed by atoms with E-state index in [1.807, 2.05) is 49.4 Å². The quantitative estimate of drug-likeness (QED) is 0.563. The highest BCUT2D eigenvalue weighted by atomic mass is 16.3. The van der Waals surface area contributed by atoms with Crippen molar-refractivity contribution in [2.24, 2.45) is 0 Å². The summed E-state index contributed by atoms with van der Waals surface area (Å²) in [5.74, 6) is 0.0748. The molecule has 1 rings (SSSR count). The predicted molar refractivity (Wildman–Crippen MR) is 61.0 cm³/mol. The Morgan fingerprint density at radius 1 is 1.21 bits per heavy atom. The van der Waals surface area contributed by atoms with Crippen LogP contribution >= 0.6 is 0 Å². The first-order chi connectivity index (χ1) is 6.68. The topological polar surface area (TPSA) is 20.2 Å². The Bertz CT molecular complexity index is 358. The van der Waals surface area contributed by atoms with Crippen molar-refractivity contribution in [3.63, 3.8) is 0 Å². The molecule has 1 N–H and O–H groups in total. The van der Waals surface area contributed by atoms with Crippen molar-refractivity contribution >= 4 is 6.08 Å². The summed E-state index contributed by atoms with van der Waals surface area (Å²) < 4.78 is 0. The highest BCUT2D eigenvalue weighted by molar-refractivity contribution is 5.55. The first-order valence-electron chi connectivity index (χ1n) is 4.48. The van der Waals surface area contributed by atoms with Crippen LogP contribution in [0.1, 0.15) is 12.5 Å². The minimum Gasteiger partial charge on any atom is -0.509 e. The van der Waals surface area contributed by atoms with Crippen molar-refractivity contribution in [2.45, 2.75) is 6.92 Å². The van der Waals surface area contributed by atoms with Crippen molar-refractivity contribution in [3.05, 3.63) is 66.0 Å². The smallest absolute Gasteiger partial charge is 0.108 e. The Kier molecular flexibility index (Phi) is 3.74. The lowest BCUT2D eigenvalue weighted by molar-refractivity contribution is 0.435. The minimum absolute atomic E-state index is 0.0748. The lowest BCUT2D eigenvalue weighted by atomic mass is 10.1. The number of aliphatic hydroxyl groups excluding tert-OH is 1. The Labute approximate surface area is 84.7 Å². The minimum atomic E-state index is 0.0748. The Morgan fingerprint density at radius 2 is 1.86 bits per heavy atom. The number of rotatable bonds is 3. The summed E-state index contributed by atoms with van der Waals surface area (Å²) in [6.45, 7) is 5.35. The molecule has 0 bridgehead atoms. The van der Waals surface area contributed by atoms with Gasteiger partial charge in [0, 0.05) is 0 Å². The zero-order valence-electron chi connectivity index (χ0n) is 8.27. The first-order valence-corrected chi connectivity index (χ1v) is 4.48. The molecule has 1 heteroatoms. The van der Waals surface area contributed by atoms with Gasteiger partial charge in [0.2, 0.25) is 0 Å². The molecular weight excluding hydrogens is 172 g/mol. The third kappa shape index (κ3) is 3.76. The third-order valence-corrected chi connectivity index (χ3v) is 1.73. The van der Waals surface area contributed by atoms with E-state index in [4.69, 9.17) is 5.11 Å². The van der Waals surface area contributed by atoms with E-state index in [0.29, 0.717) is 0 Å². The second-order valence-corrected chi connectivity index (χ2v) is 3.12. The van der Waals surface area contributed by atoms with Crippen LogP contribution in [0, 0.1) is 0 Å². The van der Waals surface area contributed by atoms with E-state index in [2.05, 4.69) is 6.58 Å². The molecule has 14 heavy (non-hydrogen) atoms. The standard InChI is InChI=1S/C13H14O/c1-11(8-9-12(2)14)10-13-6-4-3-5-7-13/h3-10,14H,2H2,1H3/b9-8+,11-10+. The fourth-order valence-corrected chi connectivity index (χ4v) is 1.09. The van der Waals surface area contributed by atoms with Crippen molar-refractivity contribution in [3.8, 4) is 0 Å². The molecule has 0 saturated carbocycles. The molecule has 0 heterocycles. The maximum absolute atomic E-state index is 8.86. The average molecular weight is 186 g/mol. The molecule has 1 aromatic rings. The lowest BCUT2D eigenvalue weighted by Gasteiger charge is -1.94. The summed E-state index contributed by atoms with van der Waals surface area (Å²) in [5, 5.41) is 8.86.